The minimum atomic E-state index is -3.68. The third-order valence-electron chi connectivity index (χ3n) is 4.50. The molecule has 1 fully saturated rings. The maximum Gasteiger partial charge on any atom is 0.246 e. The van der Waals surface area contributed by atoms with Crippen molar-refractivity contribution in [3.05, 3.63) is 54.0 Å². The van der Waals surface area contributed by atoms with Crippen molar-refractivity contribution in [2.75, 3.05) is 13.1 Å². The van der Waals surface area contributed by atoms with Gasteiger partial charge in [-0.25, -0.2) is 13.1 Å². The van der Waals surface area contributed by atoms with E-state index in [1.54, 1.807) is 10.9 Å². The molecule has 6 nitrogen and oxygen atoms in total. The van der Waals surface area contributed by atoms with Gasteiger partial charge in [0.15, 0.2) is 0 Å². The number of hydrogen-bond acceptors (Lipinski definition) is 5. The summed E-state index contributed by atoms with van der Waals surface area (Å²) in [5.74, 6) is 0. The van der Waals surface area contributed by atoms with Gasteiger partial charge in [-0.2, -0.15) is 9.40 Å². The molecule has 0 radical (unpaired) electrons. The Bertz CT molecular complexity index is 974. The van der Waals surface area contributed by atoms with Crippen LogP contribution in [0.3, 0.4) is 0 Å². The summed E-state index contributed by atoms with van der Waals surface area (Å²) in [4.78, 5) is 1.02. The van der Waals surface area contributed by atoms with Gasteiger partial charge in [0, 0.05) is 13.1 Å². The van der Waals surface area contributed by atoms with Gasteiger partial charge in [0.25, 0.3) is 0 Å². The first-order valence-corrected chi connectivity index (χ1v) is 10.7. The first-order chi connectivity index (χ1) is 12.6. The maximum absolute atomic E-state index is 13.3. The van der Waals surface area contributed by atoms with Crippen molar-refractivity contribution in [2.45, 2.75) is 23.8 Å². The van der Waals surface area contributed by atoms with Crippen LogP contribution in [0.15, 0.2) is 58.9 Å². The lowest BCUT2D eigenvalue weighted by atomic mass is 10.1. The Morgan fingerprint density at radius 1 is 1.08 bits per heavy atom. The molecular formula is C18H19N3O3S2. The molecule has 2 aromatic heterocycles. The maximum atomic E-state index is 13.3. The second kappa shape index (κ2) is 6.96. The van der Waals surface area contributed by atoms with E-state index in [-0.39, 0.29) is 4.90 Å². The molecule has 1 aliphatic rings. The number of hydrogen-bond donors (Lipinski definition) is 1. The second-order valence-electron chi connectivity index (χ2n) is 6.23. The summed E-state index contributed by atoms with van der Waals surface area (Å²) in [7, 11) is -3.68. The Morgan fingerprint density at radius 3 is 2.46 bits per heavy atom. The highest BCUT2D eigenvalue weighted by molar-refractivity contribution is 7.89. The quantitative estimate of drug-likeness (QED) is 0.744. The first kappa shape index (κ1) is 17.4. The van der Waals surface area contributed by atoms with Crippen LogP contribution in [0.2, 0.25) is 0 Å². The van der Waals surface area contributed by atoms with Gasteiger partial charge < -0.3 is 5.11 Å². The third kappa shape index (κ3) is 3.21. The molecule has 1 aliphatic heterocycles. The normalized spacial score (nSPS) is 16.8. The fraction of sp³-hybridized carbons (Fsp3) is 0.278. The minimum absolute atomic E-state index is 0.209. The summed E-state index contributed by atoms with van der Waals surface area (Å²) in [6.45, 7) is 0.647. The lowest BCUT2D eigenvalue weighted by Crippen LogP contribution is -2.40. The van der Waals surface area contributed by atoms with Gasteiger partial charge in [-0.05, 0) is 36.4 Å². The molecule has 0 spiro atoms. The standard InChI is InChI=1S/C18H19N3O3S2/c22-15-8-10-20(11-9-15)26(23,24)17-13-21(14-5-2-1-3-6-14)19-18(17)16-7-4-12-25-16/h1-7,12-13,15,22H,8-11H2. The topological polar surface area (TPSA) is 75.4 Å². The van der Waals surface area contributed by atoms with Crippen LogP contribution < -0.4 is 0 Å². The number of benzene rings is 1. The van der Waals surface area contributed by atoms with Crippen molar-refractivity contribution in [1.82, 2.24) is 14.1 Å². The highest BCUT2D eigenvalue weighted by Crippen LogP contribution is 2.33. The molecular weight excluding hydrogens is 370 g/mol. The Kier molecular flexibility index (Phi) is 4.66. The van der Waals surface area contributed by atoms with Crippen LogP contribution in [-0.2, 0) is 10.0 Å². The lowest BCUT2D eigenvalue weighted by Gasteiger charge is -2.28. The molecule has 4 rings (SSSR count). The number of aliphatic hydroxyl groups excluding tert-OH is 1. The fourth-order valence-electron chi connectivity index (χ4n) is 3.07. The molecule has 8 heteroatoms. The monoisotopic (exact) mass is 389 g/mol. The van der Waals surface area contributed by atoms with E-state index in [4.69, 9.17) is 0 Å². The van der Waals surface area contributed by atoms with Crippen LogP contribution in [0.25, 0.3) is 16.3 Å². The molecule has 1 N–H and O–H groups in total. The molecule has 0 aliphatic carbocycles. The molecule has 0 unspecified atom stereocenters. The highest BCUT2D eigenvalue weighted by Gasteiger charge is 2.33. The average molecular weight is 390 g/mol. The van der Waals surface area contributed by atoms with E-state index >= 15 is 0 Å². The Balaban J connectivity index is 1.80. The number of rotatable bonds is 4. The molecule has 136 valence electrons. The second-order valence-corrected chi connectivity index (χ2v) is 9.09. The third-order valence-corrected chi connectivity index (χ3v) is 7.27. The van der Waals surface area contributed by atoms with Gasteiger partial charge >= 0.3 is 0 Å². The minimum Gasteiger partial charge on any atom is -0.393 e. The van der Waals surface area contributed by atoms with Crippen LogP contribution >= 0.6 is 11.3 Å². The van der Waals surface area contributed by atoms with E-state index in [1.807, 2.05) is 47.8 Å². The fourth-order valence-corrected chi connectivity index (χ4v) is 5.45. The number of aromatic nitrogens is 2. The average Bonchev–Trinajstić information content (AvgIpc) is 3.32. The molecule has 3 heterocycles. The molecule has 1 aromatic carbocycles. The zero-order valence-corrected chi connectivity index (χ0v) is 15.7. The van der Waals surface area contributed by atoms with Crippen LogP contribution in [0.4, 0.5) is 0 Å². The van der Waals surface area contributed by atoms with E-state index in [0.717, 1.165) is 10.6 Å². The number of thiophene rings is 1. The lowest BCUT2D eigenvalue weighted by molar-refractivity contribution is 0.113. The molecule has 26 heavy (non-hydrogen) atoms. The van der Waals surface area contributed by atoms with E-state index in [9.17, 15) is 13.5 Å². The highest BCUT2D eigenvalue weighted by atomic mass is 32.2. The van der Waals surface area contributed by atoms with Crippen LogP contribution in [0.1, 0.15) is 12.8 Å². The summed E-state index contributed by atoms with van der Waals surface area (Å²) in [6, 6.07) is 13.2. The molecule has 0 saturated carbocycles. The van der Waals surface area contributed by atoms with Crippen LogP contribution in [-0.4, -0.2) is 46.8 Å². The van der Waals surface area contributed by atoms with Crippen LogP contribution in [0.5, 0.6) is 0 Å². The number of nitrogens with zero attached hydrogens (tertiary/aromatic N) is 3. The molecule has 1 saturated heterocycles. The summed E-state index contributed by atoms with van der Waals surface area (Å²) in [5.41, 5.74) is 1.27. The van der Waals surface area contributed by atoms with E-state index in [1.165, 1.54) is 15.6 Å². The Labute approximate surface area is 156 Å². The molecule has 3 aromatic rings. The number of sulfonamides is 1. The zero-order valence-electron chi connectivity index (χ0n) is 14.0. The van der Waals surface area contributed by atoms with Gasteiger partial charge in [0.05, 0.1) is 22.9 Å². The van der Waals surface area contributed by atoms with Gasteiger partial charge in [0.2, 0.25) is 10.0 Å². The summed E-state index contributed by atoms with van der Waals surface area (Å²) < 4.78 is 29.6. The van der Waals surface area contributed by atoms with E-state index in [0.29, 0.717) is 31.6 Å². The number of para-hydroxylation sites is 1. The van der Waals surface area contributed by atoms with Crippen molar-refractivity contribution in [2.24, 2.45) is 0 Å². The Hall–Kier alpha value is -2.00. The van der Waals surface area contributed by atoms with Gasteiger partial charge in [-0.15, -0.1) is 11.3 Å². The van der Waals surface area contributed by atoms with Gasteiger partial charge in [-0.3, -0.25) is 0 Å². The van der Waals surface area contributed by atoms with E-state index in [2.05, 4.69) is 5.10 Å². The number of aliphatic hydroxyl groups is 1. The Morgan fingerprint density at radius 2 is 1.81 bits per heavy atom. The van der Waals surface area contributed by atoms with E-state index < -0.39 is 16.1 Å². The molecule has 0 amide bonds. The van der Waals surface area contributed by atoms with Crippen molar-refractivity contribution in [1.29, 1.82) is 0 Å². The summed E-state index contributed by atoms with van der Waals surface area (Å²) >= 11 is 1.46. The molecule has 0 bridgehead atoms. The SMILES string of the molecule is O=S(=O)(c1cn(-c2ccccc2)nc1-c1cccs1)N1CCC(O)CC1. The largest absolute Gasteiger partial charge is 0.393 e. The van der Waals surface area contributed by atoms with Crippen molar-refractivity contribution in [3.8, 4) is 16.3 Å². The van der Waals surface area contributed by atoms with Gasteiger partial charge in [0.1, 0.15) is 10.6 Å². The first-order valence-electron chi connectivity index (χ1n) is 8.43. The van der Waals surface area contributed by atoms with Crippen molar-refractivity contribution >= 4 is 21.4 Å². The predicted molar refractivity (Wildman–Crippen MR) is 101 cm³/mol. The van der Waals surface area contributed by atoms with Crippen molar-refractivity contribution < 1.29 is 13.5 Å². The molecule has 0 atom stereocenters. The van der Waals surface area contributed by atoms with Crippen molar-refractivity contribution in [3.63, 3.8) is 0 Å². The zero-order chi connectivity index (χ0) is 18.1. The van der Waals surface area contributed by atoms with Gasteiger partial charge in [-0.1, -0.05) is 24.3 Å². The van der Waals surface area contributed by atoms with Crippen LogP contribution in [0, 0.1) is 0 Å². The number of piperidine rings is 1. The summed E-state index contributed by atoms with van der Waals surface area (Å²) in [6.07, 6.45) is 2.08. The summed E-state index contributed by atoms with van der Waals surface area (Å²) in [5, 5.41) is 16.2. The smallest absolute Gasteiger partial charge is 0.246 e. The predicted octanol–water partition coefficient (Wildman–Crippen LogP) is 2.75.